The average Bonchev–Trinajstić information content (AvgIpc) is 2.46. The van der Waals surface area contributed by atoms with Crippen molar-refractivity contribution in [2.45, 2.75) is 52.0 Å². The van der Waals surface area contributed by atoms with Crippen molar-refractivity contribution in [1.29, 1.82) is 0 Å². The highest BCUT2D eigenvalue weighted by Gasteiger charge is 2.33. The van der Waals surface area contributed by atoms with Crippen molar-refractivity contribution in [3.8, 4) is 0 Å². The number of hydrogen-bond donors (Lipinski definition) is 1. The molecule has 0 radical (unpaired) electrons. The molecule has 0 heterocycles. The van der Waals surface area contributed by atoms with E-state index in [4.69, 9.17) is 0 Å². The second kappa shape index (κ2) is 7.26. The first kappa shape index (κ1) is 16.3. The first-order valence-corrected chi connectivity index (χ1v) is 8.21. The van der Waals surface area contributed by atoms with Crippen molar-refractivity contribution in [2.24, 2.45) is 5.41 Å². The molecular formula is C18H29FN2. The Bertz CT molecular complexity index is 439. The molecule has 1 aromatic carbocycles. The van der Waals surface area contributed by atoms with Gasteiger partial charge in [0.25, 0.3) is 0 Å². The third-order valence-electron chi connectivity index (χ3n) is 4.64. The zero-order chi connectivity index (χ0) is 15.3. The predicted octanol–water partition coefficient (Wildman–Crippen LogP) is 4.21. The van der Waals surface area contributed by atoms with E-state index in [9.17, 15) is 4.39 Å². The molecular weight excluding hydrogens is 263 g/mol. The van der Waals surface area contributed by atoms with E-state index in [-0.39, 0.29) is 11.2 Å². The van der Waals surface area contributed by atoms with Crippen molar-refractivity contribution in [2.75, 3.05) is 25.0 Å². The molecule has 0 atom stereocenters. The Kier molecular flexibility index (Phi) is 5.63. The normalized spacial score (nSPS) is 18.0. The van der Waals surface area contributed by atoms with E-state index < -0.39 is 0 Å². The van der Waals surface area contributed by atoms with Crippen molar-refractivity contribution in [3.63, 3.8) is 0 Å². The molecule has 0 amide bonds. The zero-order valence-electron chi connectivity index (χ0n) is 13.7. The Hall–Kier alpha value is -1.09. The lowest BCUT2D eigenvalue weighted by Gasteiger charge is -2.41. The van der Waals surface area contributed by atoms with Crippen LogP contribution in [-0.2, 0) is 0 Å². The molecule has 3 heteroatoms. The van der Waals surface area contributed by atoms with Gasteiger partial charge in [0.2, 0.25) is 0 Å². The summed E-state index contributed by atoms with van der Waals surface area (Å²) < 4.78 is 14.0. The highest BCUT2D eigenvalue weighted by molar-refractivity contribution is 5.47. The summed E-state index contributed by atoms with van der Waals surface area (Å²) in [5.74, 6) is -0.122. The van der Waals surface area contributed by atoms with Crippen molar-refractivity contribution in [1.82, 2.24) is 5.32 Å². The maximum Gasteiger partial charge on any atom is 0.146 e. The molecule has 1 aliphatic carbocycles. The van der Waals surface area contributed by atoms with Gasteiger partial charge in [0.1, 0.15) is 5.82 Å². The third kappa shape index (κ3) is 4.44. The lowest BCUT2D eigenvalue weighted by Crippen LogP contribution is -2.46. The molecule has 2 rings (SSSR count). The highest BCUT2D eigenvalue weighted by Crippen LogP contribution is 2.37. The quantitative estimate of drug-likeness (QED) is 0.845. The van der Waals surface area contributed by atoms with Gasteiger partial charge in [0.05, 0.1) is 5.69 Å². The summed E-state index contributed by atoms with van der Waals surface area (Å²) in [5, 5.41) is 3.61. The fourth-order valence-corrected chi connectivity index (χ4v) is 3.46. The van der Waals surface area contributed by atoms with Gasteiger partial charge in [-0.2, -0.15) is 0 Å². The van der Waals surface area contributed by atoms with Crippen LogP contribution < -0.4 is 10.2 Å². The lowest BCUT2D eigenvalue weighted by atomic mass is 9.73. The van der Waals surface area contributed by atoms with E-state index in [1.807, 2.05) is 19.2 Å². The minimum absolute atomic E-state index is 0.122. The van der Waals surface area contributed by atoms with E-state index in [2.05, 4.69) is 24.1 Å². The van der Waals surface area contributed by atoms with Crippen LogP contribution >= 0.6 is 0 Å². The van der Waals surface area contributed by atoms with Crippen LogP contribution in [0.1, 0.15) is 46.0 Å². The number of halogens is 1. The molecule has 0 aromatic heterocycles. The molecule has 0 saturated heterocycles. The third-order valence-corrected chi connectivity index (χ3v) is 4.64. The maximum atomic E-state index is 14.0. The van der Waals surface area contributed by atoms with E-state index in [1.165, 1.54) is 32.1 Å². The molecule has 118 valence electrons. The topological polar surface area (TPSA) is 15.3 Å². The summed E-state index contributed by atoms with van der Waals surface area (Å²) in [7, 11) is 2.02. The maximum absolute atomic E-state index is 14.0. The van der Waals surface area contributed by atoms with Gasteiger partial charge < -0.3 is 10.2 Å². The van der Waals surface area contributed by atoms with Gasteiger partial charge in [-0.3, -0.25) is 0 Å². The van der Waals surface area contributed by atoms with E-state index in [0.717, 1.165) is 13.1 Å². The minimum Gasteiger partial charge on any atom is -0.372 e. The van der Waals surface area contributed by atoms with Crippen LogP contribution in [0.3, 0.4) is 0 Å². The molecule has 1 saturated carbocycles. The van der Waals surface area contributed by atoms with Crippen LogP contribution in [0, 0.1) is 11.2 Å². The first-order valence-electron chi connectivity index (χ1n) is 8.21. The van der Waals surface area contributed by atoms with Crippen LogP contribution in [0.2, 0.25) is 0 Å². The summed E-state index contributed by atoms with van der Waals surface area (Å²) in [6.45, 7) is 6.34. The predicted molar refractivity (Wildman–Crippen MR) is 88.3 cm³/mol. The van der Waals surface area contributed by atoms with Crippen molar-refractivity contribution in [3.05, 3.63) is 30.1 Å². The second-order valence-electron chi connectivity index (χ2n) is 6.90. The summed E-state index contributed by atoms with van der Waals surface area (Å²) in [6, 6.07) is 7.59. The van der Waals surface area contributed by atoms with Gasteiger partial charge in [0.15, 0.2) is 0 Å². The fraction of sp³-hybridized carbons (Fsp3) is 0.667. The van der Waals surface area contributed by atoms with Gasteiger partial charge in [0, 0.05) is 31.6 Å². The van der Waals surface area contributed by atoms with E-state index in [0.29, 0.717) is 11.7 Å². The Balaban J connectivity index is 2.09. The molecule has 0 aliphatic heterocycles. The molecule has 0 bridgehead atoms. The van der Waals surface area contributed by atoms with E-state index >= 15 is 0 Å². The van der Waals surface area contributed by atoms with Crippen LogP contribution in [0.15, 0.2) is 24.3 Å². The molecule has 2 nitrogen and oxygen atoms in total. The van der Waals surface area contributed by atoms with Gasteiger partial charge >= 0.3 is 0 Å². The number of nitrogens with zero attached hydrogens (tertiary/aromatic N) is 1. The van der Waals surface area contributed by atoms with Crippen LogP contribution in [0.4, 0.5) is 10.1 Å². The highest BCUT2D eigenvalue weighted by atomic mass is 19.1. The summed E-state index contributed by atoms with van der Waals surface area (Å²) in [4.78, 5) is 2.10. The van der Waals surface area contributed by atoms with Gasteiger partial charge in [-0.15, -0.1) is 0 Å². The van der Waals surface area contributed by atoms with Crippen LogP contribution in [-0.4, -0.2) is 26.2 Å². The van der Waals surface area contributed by atoms with Crippen LogP contribution in [0.25, 0.3) is 0 Å². The minimum atomic E-state index is -0.122. The smallest absolute Gasteiger partial charge is 0.146 e. The number of hydrogen-bond acceptors (Lipinski definition) is 2. The standard InChI is InChI=1S/C18H29FN2/c1-15(2)20-13-18(11-7-4-8-12-18)14-21(3)17-10-6-5-9-16(17)19/h5-6,9-10,15,20H,4,7-8,11-14H2,1-3H3. The molecule has 1 aliphatic rings. The van der Waals surface area contributed by atoms with Gasteiger partial charge in [-0.05, 0) is 25.0 Å². The van der Waals surface area contributed by atoms with Gasteiger partial charge in [-0.1, -0.05) is 45.2 Å². The number of rotatable bonds is 6. The average molecular weight is 292 g/mol. The number of anilines is 1. The van der Waals surface area contributed by atoms with Crippen LogP contribution in [0.5, 0.6) is 0 Å². The lowest BCUT2D eigenvalue weighted by molar-refractivity contribution is 0.184. The molecule has 0 spiro atoms. The summed E-state index contributed by atoms with van der Waals surface area (Å²) >= 11 is 0. The summed E-state index contributed by atoms with van der Waals surface area (Å²) in [6.07, 6.45) is 6.42. The first-order chi connectivity index (χ1) is 10.0. The Morgan fingerprint density at radius 3 is 2.48 bits per heavy atom. The fourth-order valence-electron chi connectivity index (χ4n) is 3.46. The van der Waals surface area contributed by atoms with Crippen molar-refractivity contribution >= 4 is 5.69 Å². The molecule has 1 N–H and O–H groups in total. The molecule has 1 aromatic rings. The van der Waals surface area contributed by atoms with E-state index in [1.54, 1.807) is 12.1 Å². The number of benzene rings is 1. The Labute approximate surface area is 128 Å². The monoisotopic (exact) mass is 292 g/mol. The largest absolute Gasteiger partial charge is 0.372 e. The SMILES string of the molecule is CC(C)NCC1(CN(C)c2ccccc2F)CCCCC1. The van der Waals surface area contributed by atoms with Crippen molar-refractivity contribution < 1.29 is 4.39 Å². The van der Waals surface area contributed by atoms with Gasteiger partial charge in [-0.25, -0.2) is 4.39 Å². The Morgan fingerprint density at radius 1 is 1.19 bits per heavy atom. The summed E-state index contributed by atoms with van der Waals surface area (Å²) in [5.41, 5.74) is 0.992. The Morgan fingerprint density at radius 2 is 1.86 bits per heavy atom. The number of para-hydroxylation sites is 1. The second-order valence-corrected chi connectivity index (χ2v) is 6.90. The number of nitrogens with one attached hydrogen (secondary N) is 1. The molecule has 0 unspecified atom stereocenters. The molecule has 1 fully saturated rings. The molecule has 21 heavy (non-hydrogen) atoms. The zero-order valence-corrected chi connectivity index (χ0v) is 13.7.